The molecule has 3 rings (SSSR count). The fourth-order valence-electron chi connectivity index (χ4n) is 2.54. The summed E-state index contributed by atoms with van der Waals surface area (Å²) in [5, 5.41) is 5.74. The van der Waals surface area contributed by atoms with Crippen LogP contribution in [0.2, 0.25) is 0 Å². The molecular weight excluding hydrogens is 314 g/mol. The minimum absolute atomic E-state index is 0.263. The zero-order chi connectivity index (χ0) is 17.8. The van der Waals surface area contributed by atoms with Gasteiger partial charge in [0.1, 0.15) is 5.75 Å². The van der Waals surface area contributed by atoms with Crippen LogP contribution in [0, 0.1) is 13.8 Å². The molecule has 1 aromatic heterocycles. The Kier molecular flexibility index (Phi) is 4.75. The summed E-state index contributed by atoms with van der Waals surface area (Å²) in [6.07, 6.45) is 3.76. The van der Waals surface area contributed by atoms with E-state index in [0.29, 0.717) is 0 Å². The molecule has 0 spiro atoms. The van der Waals surface area contributed by atoms with Crippen LogP contribution in [0.4, 0.5) is 16.2 Å². The Hall–Kier alpha value is -3.21. The summed E-state index contributed by atoms with van der Waals surface area (Å²) < 4.78 is 7.10. The average Bonchev–Trinajstić information content (AvgIpc) is 3.06. The highest BCUT2D eigenvalue weighted by atomic mass is 16.5. The fourth-order valence-corrected chi connectivity index (χ4v) is 2.54. The van der Waals surface area contributed by atoms with Gasteiger partial charge in [0.25, 0.3) is 0 Å². The third-order valence-electron chi connectivity index (χ3n) is 3.96. The van der Waals surface area contributed by atoms with Crippen molar-refractivity contribution in [1.82, 2.24) is 4.57 Å². The zero-order valence-electron chi connectivity index (χ0n) is 14.5. The van der Waals surface area contributed by atoms with Crippen molar-refractivity contribution >= 4 is 17.4 Å². The van der Waals surface area contributed by atoms with Crippen molar-refractivity contribution in [2.24, 2.45) is 0 Å². The van der Waals surface area contributed by atoms with E-state index >= 15 is 0 Å². The molecule has 2 aromatic carbocycles. The van der Waals surface area contributed by atoms with E-state index in [0.717, 1.165) is 33.9 Å². The van der Waals surface area contributed by atoms with Crippen molar-refractivity contribution < 1.29 is 9.53 Å². The standard InChI is InChI=1S/C20H21N3O2/c1-14-4-5-15(2)19(12-14)22-20(24)21-16-10-11-23(13-16)17-6-8-18(25-3)9-7-17/h4-13H,1-3H3,(H2,21,22,24). The van der Waals surface area contributed by atoms with Crippen LogP contribution in [-0.2, 0) is 0 Å². The highest BCUT2D eigenvalue weighted by Gasteiger charge is 2.07. The van der Waals surface area contributed by atoms with Gasteiger partial charge in [-0.25, -0.2) is 4.79 Å². The molecule has 0 saturated heterocycles. The lowest BCUT2D eigenvalue weighted by Gasteiger charge is -2.10. The molecule has 0 aliphatic carbocycles. The van der Waals surface area contributed by atoms with E-state index in [9.17, 15) is 4.79 Å². The zero-order valence-corrected chi connectivity index (χ0v) is 14.5. The van der Waals surface area contributed by atoms with E-state index in [-0.39, 0.29) is 6.03 Å². The summed E-state index contributed by atoms with van der Waals surface area (Å²) in [5.74, 6) is 0.808. The van der Waals surface area contributed by atoms with E-state index in [1.54, 1.807) is 7.11 Å². The lowest BCUT2D eigenvalue weighted by atomic mass is 10.1. The van der Waals surface area contributed by atoms with E-state index in [1.165, 1.54) is 0 Å². The SMILES string of the molecule is COc1ccc(-n2ccc(NC(=O)Nc3cc(C)ccc3C)c2)cc1. The number of ether oxygens (including phenoxy) is 1. The van der Waals surface area contributed by atoms with Crippen LogP contribution in [0.15, 0.2) is 60.9 Å². The Morgan fingerprint density at radius 1 is 1.00 bits per heavy atom. The van der Waals surface area contributed by atoms with Gasteiger partial charge in [0.05, 0.1) is 12.8 Å². The van der Waals surface area contributed by atoms with Crippen LogP contribution in [-0.4, -0.2) is 17.7 Å². The molecule has 1 heterocycles. The first-order valence-corrected chi connectivity index (χ1v) is 8.03. The summed E-state index contributed by atoms with van der Waals surface area (Å²) in [4.78, 5) is 12.2. The van der Waals surface area contributed by atoms with Gasteiger partial charge in [-0.15, -0.1) is 0 Å². The Labute approximate surface area is 147 Å². The van der Waals surface area contributed by atoms with Crippen molar-refractivity contribution in [2.75, 3.05) is 17.7 Å². The molecule has 0 aliphatic rings. The number of amides is 2. The predicted molar refractivity (Wildman–Crippen MR) is 101 cm³/mol. The number of benzene rings is 2. The molecule has 0 atom stereocenters. The maximum atomic E-state index is 12.2. The number of rotatable bonds is 4. The number of methoxy groups -OCH3 is 1. The molecule has 2 N–H and O–H groups in total. The first kappa shape index (κ1) is 16.6. The van der Waals surface area contributed by atoms with E-state index in [2.05, 4.69) is 10.6 Å². The fraction of sp³-hybridized carbons (Fsp3) is 0.150. The smallest absolute Gasteiger partial charge is 0.323 e. The van der Waals surface area contributed by atoms with E-state index < -0.39 is 0 Å². The minimum atomic E-state index is -0.263. The molecule has 0 radical (unpaired) electrons. The Morgan fingerprint density at radius 3 is 2.48 bits per heavy atom. The third kappa shape index (κ3) is 4.01. The maximum absolute atomic E-state index is 12.2. The lowest BCUT2D eigenvalue weighted by Crippen LogP contribution is -2.19. The van der Waals surface area contributed by atoms with Crippen LogP contribution in [0.3, 0.4) is 0 Å². The van der Waals surface area contributed by atoms with Gasteiger partial charge in [-0.2, -0.15) is 0 Å². The summed E-state index contributed by atoms with van der Waals surface area (Å²) in [7, 11) is 1.64. The van der Waals surface area contributed by atoms with Crippen LogP contribution in [0.25, 0.3) is 5.69 Å². The highest BCUT2D eigenvalue weighted by molar-refractivity contribution is 6.00. The van der Waals surface area contributed by atoms with Gasteiger partial charge in [-0.3, -0.25) is 0 Å². The summed E-state index contributed by atoms with van der Waals surface area (Å²) in [6.45, 7) is 3.96. The third-order valence-corrected chi connectivity index (χ3v) is 3.96. The topological polar surface area (TPSA) is 55.3 Å². The largest absolute Gasteiger partial charge is 0.497 e. The molecule has 0 fully saturated rings. The second-order valence-corrected chi connectivity index (χ2v) is 5.90. The van der Waals surface area contributed by atoms with Gasteiger partial charge in [0, 0.05) is 23.8 Å². The van der Waals surface area contributed by atoms with Gasteiger partial charge in [-0.05, 0) is 61.4 Å². The second kappa shape index (κ2) is 7.13. The normalized spacial score (nSPS) is 10.4. The van der Waals surface area contributed by atoms with Crippen LogP contribution < -0.4 is 15.4 Å². The van der Waals surface area contributed by atoms with E-state index in [4.69, 9.17) is 4.74 Å². The van der Waals surface area contributed by atoms with Crippen LogP contribution in [0.5, 0.6) is 5.75 Å². The van der Waals surface area contributed by atoms with Crippen molar-refractivity contribution in [3.05, 3.63) is 72.1 Å². The summed E-state index contributed by atoms with van der Waals surface area (Å²) in [6, 6.07) is 15.3. The Morgan fingerprint density at radius 2 is 1.76 bits per heavy atom. The lowest BCUT2D eigenvalue weighted by molar-refractivity contribution is 0.262. The van der Waals surface area contributed by atoms with E-state index in [1.807, 2.05) is 79.3 Å². The Balaban J connectivity index is 1.68. The maximum Gasteiger partial charge on any atom is 0.323 e. The minimum Gasteiger partial charge on any atom is -0.497 e. The number of nitrogens with zero attached hydrogens (tertiary/aromatic N) is 1. The molecule has 0 aliphatic heterocycles. The number of anilines is 2. The molecule has 128 valence electrons. The molecule has 0 bridgehead atoms. The first-order valence-electron chi connectivity index (χ1n) is 8.03. The molecule has 2 amide bonds. The number of hydrogen-bond donors (Lipinski definition) is 2. The predicted octanol–water partition coefficient (Wildman–Crippen LogP) is 4.75. The number of nitrogens with one attached hydrogen (secondary N) is 2. The van der Waals surface area contributed by atoms with Crippen molar-refractivity contribution in [2.45, 2.75) is 13.8 Å². The number of carbonyl (C=O) groups excluding carboxylic acids is 1. The molecule has 25 heavy (non-hydrogen) atoms. The Bertz CT molecular complexity index is 882. The number of urea groups is 1. The molecule has 0 unspecified atom stereocenters. The molecule has 5 nitrogen and oxygen atoms in total. The highest BCUT2D eigenvalue weighted by Crippen LogP contribution is 2.19. The van der Waals surface area contributed by atoms with Crippen molar-refractivity contribution in [3.8, 4) is 11.4 Å². The van der Waals surface area contributed by atoms with Crippen LogP contribution >= 0.6 is 0 Å². The molecule has 5 heteroatoms. The summed E-state index contributed by atoms with van der Waals surface area (Å²) in [5.41, 5.74) is 4.65. The monoisotopic (exact) mass is 335 g/mol. The van der Waals surface area contributed by atoms with Gasteiger partial charge in [-0.1, -0.05) is 12.1 Å². The van der Waals surface area contributed by atoms with Gasteiger partial charge < -0.3 is 19.9 Å². The molecular formula is C20H21N3O2. The van der Waals surface area contributed by atoms with Crippen molar-refractivity contribution in [1.29, 1.82) is 0 Å². The number of aromatic nitrogens is 1. The van der Waals surface area contributed by atoms with Gasteiger partial charge in [0.15, 0.2) is 0 Å². The second-order valence-electron chi connectivity index (χ2n) is 5.90. The number of aryl methyl sites for hydroxylation is 2. The van der Waals surface area contributed by atoms with Gasteiger partial charge in [0.2, 0.25) is 0 Å². The molecule has 3 aromatic rings. The average molecular weight is 335 g/mol. The van der Waals surface area contributed by atoms with Crippen LogP contribution in [0.1, 0.15) is 11.1 Å². The number of carbonyl (C=O) groups is 1. The van der Waals surface area contributed by atoms with Crippen molar-refractivity contribution in [3.63, 3.8) is 0 Å². The quantitative estimate of drug-likeness (QED) is 0.723. The van der Waals surface area contributed by atoms with Gasteiger partial charge >= 0.3 is 6.03 Å². The first-order chi connectivity index (χ1) is 12.0. The number of hydrogen-bond acceptors (Lipinski definition) is 2. The molecule has 0 saturated carbocycles. The summed E-state index contributed by atoms with van der Waals surface area (Å²) >= 11 is 0.